The van der Waals surface area contributed by atoms with Gasteiger partial charge in [-0.2, -0.15) is 0 Å². The highest BCUT2D eigenvalue weighted by Gasteiger charge is 2.53. The van der Waals surface area contributed by atoms with Gasteiger partial charge in [0.05, 0.1) is 7.11 Å². The number of allylic oxidation sites excluding steroid dienone is 1. The summed E-state index contributed by atoms with van der Waals surface area (Å²) in [7, 11) is 1.69. The molecule has 0 aliphatic heterocycles. The van der Waals surface area contributed by atoms with Crippen LogP contribution in [-0.4, -0.2) is 12.9 Å². The van der Waals surface area contributed by atoms with E-state index in [0.29, 0.717) is 23.0 Å². The maximum atomic E-state index is 12.2. The Morgan fingerprint density at radius 2 is 1.76 bits per heavy atom. The van der Waals surface area contributed by atoms with E-state index >= 15 is 0 Å². The molecule has 0 heterocycles. The number of ketones is 1. The smallest absolute Gasteiger partial charge is 0.139 e. The number of carbonyl (C=O) groups is 1. The lowest BCUT2D eigenvalue weighted by molar-refractivity contribution is -0.143. The van der Waals surface area contributed by atoms with Crippen LogP contribution in [0.4, 0.5) is 0 Å². The molecule has 1 aromatic carbocycles. The molecule has 4 saturated carbocycles. The highest BCUT2D eigenvalue weighted by Crippen LogP contribution is 2.59. The minimum atomic E-state index is 0.296. The molecule has 0 N–H and O–H groups in total. The molecule has 4 aliphatic rings. The first-order valence-electron chi connectivity index (χ1n) is 8.04. The van der Waals surface area contributed by atoms with Crippen molar-refractivity contribution >= 4 is 11.9 Å². The fraction of sp³-hybridized carbons (Fsp3) is 0.526. The van der Waals surface area contributed by atoms with Crippen LogP contribution in [0.25, 0.3) is 6.08 Å². The van der Waals surface area contributed by atoms with Gasteiger partial charge in [-0.1, -0.05) is 24.3 Å². The van der Waals surface area contributed by atoms with Gasteiger partial charge in [0, 0.05) is 11.8 Å². The van der Waals surface area contributed by atoms with Gasteiger partial charge in [-0.3, -0.25) is 4.79 Å². The number of carbonyl (C=O) groups excluding carboxylic acids is 1. The van der Waals surface area contributed by atoms with E-state index in [2.05, 4.69) is 24.3 Å². The molecule has 0 saturated heterocycles. The molecule has 1 aromatic rings. The van der Waals surface area contributed by atoms with Crippen LogP contribution in [0.15, 0.2) is 30.3 Å². The zero-order valence-electron chi connectivity index (χ0n) is 12.5. The number of methoxy groups -OCH3 is 1. The summed E-state index contributed by atoms with van der Waals surface area (Å²) in [5.74, 6) is 2.97. The number of hydrogen-bond donors (Lipinski definition) is 0. The average Bonchev–Trinajstić information content (AvgIpc) is 2.50. The summed E-state index contributed by atoms with van der Waals surface area (Å²) >= 11 is 0. The first-order chi connectivity index (χ1) is 10.2. The highest BCUT2D eigenvalue weighted by molar-refractivity contribution is 5.86. The maximum absolute atomic E-state index is 12.2. The summed E-state index contributed by atoms with van der Waals surface area (Å²) in [4.78, 5) is 12.2. The molecule has 2 nitrogen and oxygen atoms in total. The van der Waals surface area contributed by atoms with Gasteiger partial charge < -0.3 is 4.74 Å². The molecular formula is C19H22O2. The molecule has 0 aromatic heterocycles. The lowest BCUT2D eigenvalue weighted by Crippen LogP contribution is -2.50. The zero-order valence-corrected chi connectivity index (χ0v) is 12.5. The normalized spacial score (nSPS) is 37.4. The van der Waals surface area contributed by atoms with Gasteiger partial charge in [0.1, 0.15) is 11.5 Å². The van der Waals surface area contributed by atoms with Gasteiger partial charge in [0.15, 0.2) is 0 Å². The molecule has 4 fully saturated rings. The van der Waals surface area contributed by atoms with E-state index in [4.69, 9.17) is 4.74 Å². The number of ether oxygens (including phenoxy) is 1. The number of Topliss-reactive ketones (excluding diaryl/α,β-unsaturated/α-hetero) is 1. The van der Waals surface area contributed by atoms with Crippen molar-refractivity contribution in [1.29, 1.82) is 0 Å². The van der Waals surface area contributed by atoms with Gasteiger partial charge in [-0.15, -0.1) is 0 Å². The van der Waals surface area contributed by atoms with Crippen LogP contribution in [0.1, 0.15) is 37.7 Å². The van der Waals surface area contributed by atoms with Crippen molar-refractivity contribution in [2.75, 3.05) is 7.11 Å². The van der Waals surface area contributed by atoms with Crippen molar-refractivity contribution in [1.82, 2.24) is 0 Å². The van der Waals surface area contributed by atoms with Crippen LogP contribution in [0.5, 0.6) is 5.75 Å². The van der Waals surface area contributed by atoms with Gasteiger partial charge in [-0.05, 0) is 61.1 Å². The van der Waals surface area contributed by atoms with Gasteiger partial charge in [0.25, 0.3) is 0 Å². The second kappa shape index (κ2) is 4.72. The first-order valence-corrected chi connectivity index (χ1v) is 8.04. The zero-order chi connectivity index (χ0) is 14.4. The molecular weight excluding hydrogens is 260 g/mol. The summed E-state index contributed by atoms with van der Waals surface area (Å²) in [6.07, 6.45) is 10.4. The third-order valence-electron chi connectivity index (χ3n) is 5.79. The third-order valence-corrected chi connectivity index (χ3v) is 5.79. The van der Waals surface area contributed by atoms with Gasteiger partial charge >= 0.3 is 0 Å². The summed E-state index contributed by atoms with van der Waals surface area (Å²) in [6.45, 7) is 0. The minimum Gasteiger partial charge on any atom is -0.497 e. The number of benzene rings is 1. The molecule has 4 atom stereocenters. The van der Waals surface area contributed by atoms with Crippen LogP contribution in [0.2, 0.25) is 0 Å². The van der Waals surface area contributed by atoms with Crippen molar-refractivity contribution in [3.63, 3.8) is 0 Å². The molecule has 4 bridgehead atoms. The Morgan fingerprint density at radius 1 is 1.10 bits per heavy atom. The van der Waals surface area contributed by atoms with Crippen LogP contribution in [0, 0.1) is 23.2 Å². The van der Waals surface area contributed by atoms with Crippen LogP contribution >= 0.6 is 0 Å². The fourth-order valence-corrected chi connectivity index (χ4v) is 5.00. The summed E-state index contributed by atoms with van der Waals surface area (Å²) in [5, 5.41) is 0. The summed E-state index contributed by atoms with van der Waals surface area (Å²) in [6, 6.07) is 8.20. The molecule has 2 unspecified atom stereocenters. The Hall–Kier alpha value is -1.57. The number of hydrogen-bond acceptors (Lipinski definition) is 2. The Morgan fingerprint density at radius 3 is 2.38 bits per heavy atom. The Bertz CT molecular complexity index is 566. The average molecular weight is 282 g/mol. The van der Waals surface area contributed by atoms with Crippen molar-refractivity contribution in [2.24, 2.45) is 23.2 Å². The van der Waals surface area contributed by atoms with E-state index in [-0.39, 0.29) is 0 Å². The quantitative estimate of drug-likeness (QED) is 0.834. The third kappa shape index (κ3) is 2.21. The lowest BCUT2D eigenvalue weighted by atomic mass is 9.49. The van der Waals surface area contributed by atoms with Crippen LogP contribution in [-0.2, 0) is 4.79 Å². The number of rotatable bonds is 3. The summed E-state index contributed by atoms with van der Waals surface area (Å²) in [5.41, 5.74) is 1.52. The highest BCUT2D eigenvalue weighted by atomic mass is 16.5. The SMILES string of the molecule is COc1ccc(/C=C/C23CC4C[C@H](C2)C(=O)[C@@H](C4)C3)cc1. The van der Waals surface area contributed by atoms with E-state index in [1.54, 1.807) is 7.11 Å². The van der Waals surface area contributed by atoms with E-state index < -0.39 is 0 Å². The largest absolute Gasteiger partial charge is 0.497 e. The molecule has 2 heteroatoms. The molecule has 0 amide bonds. The fourth-order valence-electron chi connectivity index (χ4n) is 5.00. The van der Waals surface area contributed by atoms with Crippen molar-refractivity contribution < 1.29 is 9.53 Å². The first kappa shape index (κ1) is 13.1. The topological polar surface area (TPSA) is 26.3 Å². The molecule has 0 spiro atoms. The summed E-state index contributed by atoms with van der Waals surface area (Å²) < 4.78 is 5.20. The van der Waals surface area contributed by atoms with E-state index in [1.807, 2.05) is 12.1 Å². The molecule has 5 rings (SSSR count). The van der Waals surface area contributed by atoms with E-state index in [9.17, 15) is 4.79 Å². The minimum absolute atomic E-state index is 0.296. The Kier molecular flexibility index (Phi) is 2.95. The lowest BCUT2D eigenvalue weighted by Gasteiger charge is -2.54. The maximum Gasteiger partial charge on any atom is 0.139 e. The predicted molar refractivity (Wildman–Crippen MR) is 83.0 cm³/mol. The second-order valence-corrected chi connectivity index (χ2v) is 7.21. The molecule has 110 valence electrons. The Labute approximate surface area is 126 Å². The predicted octanol–water partition coefficient (Wildman–Crippen LogP) is 4.10. The second-order valence-electron chi connectivity index (χ2n) is 7.21. The van der Waals surface area contributed by atoms with Gasteiger partial charge in [-0.25, -0.2) is 0 Å². The molecule has 4 aliphatic carbocycles. The molecule has 0 radical (unpaired) electrons. The van der Waals surface area contributed by atoms with Crippen molar-refractivity contribution in [3.05, 3.63) is 35.9 Å². The van der Waals surface area contributed by atoms with Crippen LogP contribution in [0.3, 0.4) is 0 Å². The Balaban J connectivity index is 1.56. The van der Waals surface area contributed by atoms with Crippen molar-refractivity contribution in [2.45, 2.75) is 32.1 Å². The van der Waals surface area contributed by atoms with E-state index in [0.717, 1.165) is 37.4 Å². The van der Waals surface area contributed by atoms with Crippen molar-refractivity contribution in [3.8, 4) is 5.75 Å². The van der Waals surface area contributed by atoms with Gasteiger partial charge in [0.2, 0.25) is 0 Å². The molecule has 21 heavy (non-hydrogen) atoms. The van der Waals surface area contributed by atoms with E-state index in [1.165, 1.54) is 12.0 Å². The van der Waals surface area contributed by atoms with Crippen LogP contribution < -0.4 is 4.74 Å². The monoisotopic (exact) mass is 282 g/mol. The standard InChI is InChI=1S/C19H22O2/c1-21-17-4-2-13(3-5-17)6-7-19-10-14-8-15(11-19)18(20)16(9-14)12-19/h2-7,14-16H,8-12H2,1H3/b7-6+/t14?,15-,16+,19?.